The lowest BCUT2D eigenvalue weighted by atomic mass is 10.2. The summed E-state index contributed by atoms with van der Waals surface area (Å²) in [6, 6.07) is 12.7. The molecule has 7 nitrogen and oxygen atoms in total. The molecule has 27 heavy (non-hydrogen) atoms. The van der Waals surface area contributed by atoms with Crippen LogP contribution in [0.25, 0.3) is 11.4 Å². The van der Waals surface area contributed by atoms with Crippen LogP contribution >= 0.6 is 23.8 Å². The number of nitrogens with one attached hydrogen (secondary N) is 2. The highest BCUT2D eigenvalue weighted by molar-refractivity contribution is 7.80. The highest BCUT2D eigenvalue weighted by Gasteiger charge is 2.10. The molecule has 2 N–H and O–H groups in total. The van der Waals surface area contributed by atoms with Crippen molar-refractivity contribution in [3.05, 3.63) is 53.4 Å². The normalized spacial score (nSPS) is 10.3. The molecule has 0 aliphatic rings. The molecule has 0 aliphatic heterocycles. The van der Waals surface area contributed by atoms with Crippen molar-refractivity contribution < 1.29 is 14.0 Å². The second kappa shape index (κ2) is 8.70. The molecular weight excluding hydrogens is 388 g/mol. The van der Waals surface area contributed by atoms with Gasteiger partial charge in [-0.15, -0.1) is 0 Å². The van der Waals surface area contributed by atoms with Gasteiger partial charge in [0.2, 0.25) is 11.7 Å². The van der Waals surface area contributed by atoms with E-state index in [0.29, 0.717) is 33.3 Å². The van der Waals surface area contributed by atoms with Gasteiger partial charge < -0.3 is 24.6 Å². The smallest absolute Gasteiger partial charge is 0.246 e. The van der Waals surface area contributed by atoms with Gasteiger partial charge in [0, 0.05) is 22.3 Å². The van der Waals surface area contributed by atoms with Crippen molar-refractivity contribution in [2.45, 2.75) is 6.54 Å². The first-order valence-electron chi connectivity index (χ1n) is 7.94. The Kier molecular flexibility index (Phi) is 6.10. The molecule has 0 fully saturated rings. The average molecular weight is 405 g/mol. The number of hydrogen-bond donors (Lipinski definition) is 2. The number of benzene rings is 2. The van der Waals surface area contributed by atoms with E-state index in [1.807, 2.05) is 18.2 Å². The highest BCUT2D eigenvalue weighted by Crippen LogP contribution is 2.29. The van der Waals surface area contributed by atoms with Crippen LogP contribution in [0.15, 0.2) is 47.0 Å². The van der Waals surface area contributed by atoms with Crippen LogP contribution in [0, 0.1) is 0 Å². The molecule has 0 spiro atoms. The fourth-order valence-electron chi connectivity index (χ4n) is 2.32. The van der Waals surface area contributed by atoms with E-state index in [9.17, 15) is 0 Å². The third-order valence-electron chi connectivity index (χ3n) is 3.59. The van der Waals surface area contributed by atoms with Crippen molar-refractivity contribution in [2.75, 3.05) is 19.5 Å². The third-order valence-corrected chi connectivity index (χ3v) is 4.07. The van der Waals surface area contributed by atoms with E-state index in [-0.39, 0.29) is 6.54 Å². The van der Waals surface area contributed by atoms with Crippen molar-refractivity contribution in [1.29, 1.82) is 0 Å². The summed E-state index contributed by atoms with van der Waals surface area (Å²) in [5.41, 5.74) is 1.54. The Morgan fingerprint density at radius 1 is 1.15 bits per heavy atom. The Morgan fingerprint density at radius 3 is 2.70 bits per heavy atom. The Labute approximate surface area is 166 Å². The van der Waals surface area contributed by atoms with Gasteiger partial charge in [0.15, 0.2) is 16.6 Å². The molecule has 9 heteroatoms. The van der Waals surface area contributed by atoms with Crippen molar-refractivity contribution in [3.8, 4) is 22.9 Å². The van der Waals surface area contributed by atoms with Gasteiger partial charge >= 0.3 is 0 Å². The first-order chi connectivity index (χ1) is 13.1. The highest BCUT2D eigenvalue weighted by atomic mass is 35.5. The van der Waals surface area contributed by atoms with Crippen LogP contribution in [0.1, 0.15) is 5.89 Å². The SMILES string of the molecule is COc1ccc(NC(=S)NCc2nc(-c3cccc(Cl)c3)no2)cc1OC. The number of rotatable bonds is 6. The fourth-order valence-corrected chi connectivity index (χ4v) is 2.70. The van der Waals surface area contributed by atoms with Crippen LogP contribution in [-0.2, 0) is 6.54 Å². The van der Waals surface area contributed by atoms with Crippen LogP contribution in [0.4, 0.5) is 5.69 Å². The number of ether oxygens (including phenoxy) is 2. The molecule has 1 aromatic heterocycles. The van der Waals surface area contributed by atoms with E-state index in [1.54, 1.807) is 38.5 Å². The molecule has 1 heterocycles. The molecule has 3 rings (SSSR count). The first-order valence-corrected chi connectivity index (χ1v) is 8.73. The summed E-state index contributed by atoms with van der Waals surface area (Å²) in [7, 11) is 3.16. The molecule has 0 aliphatic carbocycles. The largest absolute Gasteiger partial charge is 0.493 e. The Hall–Kier alpha value is -2.84. The van der Waals surface area contributed by atoms with Crippen molar-refractivity contribution in [3.63, 3.8) is 0 Å². The summed E-state index contributed by atoms with van der Waals surface area (Å²) >= 11 is 11.3. The van der Waals surface area contributed by atoms with Gasteiger partial charge in [0.25, 0.3) is 0 Å². The van der Waals surface area contributed by atoms with E-state index < -0.39 is 0 Å². The number of nitrogens with zero attached hydrogens (tertiary/aromatic N) is 2. The predicted molar refractivity (Wildman–Crippen MR) is 107 cm³/mol. The molecule has 0 atom stereocenters. The summed E-state index contributed by atoms with van der Waals surface area (Å²) in [5, 5.41) is 11.0. The number of aromatic nitrogens is 2. The predicted octanol–water partition coefficient (Wildman–Crippen LogP) is 3.89. The lowest BCUT2D eigenvalue weighted by Gasteiger charge is -2.12. The van der Waals surface area contributed by atoms with E-state index in [0.717, 1.165) is 11.3 Å². The van der Waals surface area contributed by atoms with Gasteiger partial charge in [-0.1, -0.05) is 28.9 Å². The number of thiocarbonyl (C=S) groups is 1. The summed E-state index contributed by atoms with van der Waals surface area (Å²) in [6.45, 7) is 0.284. The van der Waals surface area contributed by atoms with Gasteiger partial charge in [-0.05, 0) is 36.5 Å². The molecule has 2 aromatic carbocycles. The third kappa shape index (κ3) is 4.87. The molecule has 0 saturated heterocycles. The molecule has 0 amide bonds. The monoisotopic (exact) mass is 404 g/mol. The van der Waals surface area contributed by atoms with Gasteiger partial charge in [-0.25, -0.2) is 0 Å². The molecule has 0 radical (unpaired) electrons. The molecule has 3 aromatic rings. The van der Waals surface area contributed by atoms with Crippen LogP contribution in [0.3, 0.4) is 0 Å². The second-order valence-electron chi connectivity index (χ2n) is 5.40. The van der Waals surface area contributed by atoms with Crippen LogP contribution < -0.4 is 20.1 Å². The fraction of sp³-hybridized carbons (Fsp3) is 0.167. The van der Waals surface area contributed by atoms with Gasteiger partial charge in [0.05, 0.1) is 20.8 Å². The molecule has 0 bridgehead atoms. The molecule has 0 saturated carbocycles. The van der Waals surface area contributed by atoms with Gasteiger partial charge in [0.1, 0.15) is 0 Å². The van der Waals surface area contributed by atoms with Crippen molar-refractivity contribution in [1.82, 2.24) is 15.5 Å². The number of anilines is 1. The van der Waals surface area contributed by atoms with Crippen LogP contribution in [0.5, 0.6) is 11.5 Å². The van der Waals surface area contributed by atoms with E-state index in [4.69, 9.17) is 37.8 Å². The van der Waals surface area contributed by atoms with Crippen LogP contribution in [-0.4, -0.2) is 29.5 Å². The number of methoxy groups -OCH3 is 2. The lowest BCUT2D eigenvalue weighted by Crippen LogP contribution is -2.28. The molecular formula is C18H17ClN4O3S. The number of halogens is 1. The Balaban J connectivity index is 1.58. The van der Waals surface area contributed by atoms with Gasteiger partial charge in [-0.3, -0.25) is 0 Å². The lowest BCUT2D eigenvalue weighted by molar-refractivity contribution is 0.355. The maximum atomic E-state index is 5.98. The summed E-state index contributed by atoms with van der Waals surface area (Å²) in [4.78, 5) is 4.33. The Bertz CT molecular complexity index is 948. The van der Waals surface area contributed by atoms with Crippen molar-refractivity contribution in [2.24, 2.45) is 0 Å². The second-order valence-corrected chi connectivity index (χ2v) is 6.24. The zero-order chi connectivity index (χ0) is 19.2. The summed E-state index contributed by atoms with van der Waals surface area (Å²) < 4.78 is 15.7. The minimum Gasteiger partial charge on any atom is -0.493 e. The van der Waals surface area contributed by atoms with E-state index >= 15 is 0 Å². The van der Waals surface area contributed by atoms with Crippen molar-refractivity contribution >= 4 is 34.6 Å². The van der Waals surface area contributed by atoms with Gasteiger partial charge in [-0.2, -0.15) is 4.98 Å². The topological polar surface area (TPSA) is 81.4 Å². The maximum Gasteiger partial charge on any atom is 0.246 e. The quantitative estimate of drug-likeness (QED) is 0.599. The maximum absolute atomic E-state index is 5.98. The van der Waals surface area contributed by atoms with E-state index in [1.165, 1.54) is 0 Å². The minimum absolute atomic E-state index is 0.284. The first kappa shape index (κ1) is 18.9. The van der Waals surface area contributed by atoms with Crippen LogP contribution in [0.2, 0.25) is 5.02 Å². The minimum atomic E-state index is 0.284. The number of hydrogen-bond acceptors (Lipinski definition) is 6. The summed E-state index contributed by atoms with van der Waals surface area (Å²) in [5.74, 6) is 2.12. The summed E-state index contributed by atoms with van der Waals surface area (Å²) in [6.07, 6.45) is 0. The zero-order valence-corrected chi connectivity index (χ0v) is 16.2. The van der Waals surface area contributed by atoms with E-state index in [2.05, 4.69) is 20.8 Å². The Morgan fingerprint density at radius 2 is 1.96 bits per heavy atom. The standard InChI is InChI=1S/C18H17ClN4O3S/c1-24-14-7-6-13(9-15(14)25-2)21-18(27)20-10-16-22-17(23-26-16)11-4-3-5-12(19)8-11/h3-9H,10H2,1-2H3,(H2,20,21,27). The zero-order valence-electron chi connectivity index (χ0n) is 14.7. The molecule has 0 unspecified atom stereocenters. The average Bonchev–Trinajstić information content (AvgIpc) is 3.15. The molecule has 140 valence electrons.